The number of aromatic nitrogens is 1. The molecule has 15 heavy (non-hydrogen) atoms. The summed E-state index contributed by atoms with van der Waals surface area (Å²) in [5, 5.41) is 2.49. The Bertz CT molecular complexity index is 494. The van der Waals surface area contributed by atoms with Crippen LogP contribution in [0.15, 0.2) is 22.5 Å². The van der Waals surface area contributed by atoms with Crippen LogP contribution in [-0.2, 0) is 0 Å². The van der Waals surface area contributed by atoms with Crippen molar-refractivity contribution in [3.8, 4) is 0 Å². The summed E-state index contributed by atoms with van der Waals surface area (Å²) in [6.07, 6.45) is 1.15. The minimum absolute atomic E-state index is 0.0944. The normalized spacial score (nSPS) is 12.3. The smallest absolute Gasteiger partial charge is 0.243 e. The summed E-state index contributed by atoms with van der Waals surface area (Å²) in [6.45, 7) is 0. The van der Waals surface area contributed by atoms with E-state index in [1.165, 1.54) is 11.3 Å². The fourth-order valence-corrected chi connectivity index (χ4v) is 2.99. The lowest BCUT2D eigenvalue weighted by Crippen LogP contribution is -1.99. The Labute approximate surface area is 96.3 Å². The molecule has 0 N–H and O–H groups in total. The van der Waals surface area contributed by atoms with Gasteiger partial charge in [-0.25, -0.2) is 4.98 Å². The first-order chi connectivity index (χ1) is 6.97. The highest BCUT2D eigenvalue weighted by atomic mass is 35.5. The molecular weight excluding hydrogens is 267 g/mol. The summed E-state index contributed by atoms with van der Waals surface area (Å²) >= 11 is 6.80. The molecular formula is C8H3ClF3NS2. The van der Waals surface area contributed by atoms with Gasteiger partial charge in [0.15, 0.2) is 0 Å². The number of alkyl halides is 3. The van der Waals surface area contributed by atoms with Crippen LogP contribution in [0.3, 0.4) is 0 Å². The van der Waals surface area contributed by atoms with Crippen LogP contribution in [0.2, 0.25) is 5.15 Å². The minimum Gasteiger partial charge on any atom is -0.243 e. The van der Waals surface area contributed by atoms with Crippen LogP contribution < -0.4 is 0 Å². The predicted octanol–water partition coefficient (Wildman–Crippen LogP) is 4.56. The first kappa shape index (κ1) is 11.0. The van der Waals surface area contributed by atoms with Gasteiger partial charge in [-0.15, -0.1) is 11.3 Å². The van der Waals surface area contributed by atoms with Crippen molar-refractivity contribution in [3.05, 3.63) is 22.8 Å². The molecule has 2 aromatic rings. The SMILES string of the molecule is FC(F)(F)Sc1cnc(Cl)c2ccsc12. The van der Waals surface area contributed by atoms with Crippen molar-refractivity contribution in [3.63, 3.8) is 0 Å². The molecule has 80 valence electrons. The lowest BCUT2D eigenvalue weighted by Gasteiger charge is -2.06. The van der Waals surface area contributed by atoms with Crippen molar-refractivity contribution in [2.45, 2.75) is 10.4 Å². The van der Waals surface area contributed by atoms with E-state index in [9.17, 15) is 13.2 Å². The highest BCUT2D eigenvalue weighted by molar-refractivity contribution is 8.00. The van der Waals surface area contributed by atoms with E-state index >= 15 is 0 Å². The summed E-state index contributed by atoms with van der Waals surface area (Å²) in [5.41, 5.74) is -4.30. The third kappa shape index (κ3) is 2.38. The first-order valence-electron chi connectivity index (χ1n) is 3.75. The summed E-state index contributed by atoms with van der Waals surface area (Å²) in [4.78, 5) is 3.81. The van der Waals surface area contributed by atoms with Crippen LogP contribution in [0.1, 0.15) is 0 Å². The van der Waals surface area contributed by atoms with E-state index in [4.69, 9.17) is 11.6 Å². The van der Waals surface area contributed by atoms with Crippen LogP contribution in [0.4, 0.5) is 13.2 Å². The second kappa shape index (κ2) is 3.84. The summed E-state index contributed by atoms with van der Waals surface area (Å²) in [7, 11) is 0. The fraction of sp³-hybridized carbons (Fsp3) is 0.125. The molecule has 0 spiro atoms. The molecule has 0 aromatic carbocycles. The monoisotopic (exact) mass is 269 g/mol. The van der Waals surface area contributed by atoms with E-state index < -0.39 is 5.51 Å². The summed E-state index contributed by atoms with van der Waals surface area (Å²) in [5.74, 6) is 0. The maximum atomic E-state index is 12.2. The van der Waals surface area contributed by atoms with Gasteiger partial charge in [-0.1, -0.05) is 11.6 Å². The van der Waals surface area contributed by atoms with Gasteiger partial charge in [0.05, 0.1) is 9.60 Å². The zero-order valence-electron chi connectivity index (χ0n) is 7.01. The third-order valence-electron chi connectivity index (χ3n) is 1.63. The molecule has 0 fully saturated rings. The highest BCUT2D eigenvalue weighted by Crippen LogP contribution is 2.42. The zero-order valence-corrected chi connectivity index (χ0v) is 9.40. The lowest BCUT2D eigenvalue weighted by atomic mass is 10.3. The summed E-state index contributed by atoms with van der Waals surface area (Å²) in [6, 6.07) is 1.66. The quantitative estimate of drug-likeness (QED) is 0.556. The average molecular weight is 270 g/mol. The molecule has 0 saturated carbocycles. The fourth-order valence-electron chi connectivity index (χ4n) is 1.10. The zero-order chi connectivity index (χ0) is 11.1. The van der Waals surface area contributed by atoms with Crippen LogP contribution in [0, 0.1) is 0 Å². The standard InChI is InChI=1S/C8H3ClF3NS2/c9-7-4-1-2-14-6(4)5(3-13-7)15-8(10,11)12/h1-3H. The van der Waals surface area contributed by atoms with Gasteiger partial charge in [0.25, 0.3) is 0 Å². The molecule has 0 radical (unpaired) electrons. The molecule has 7 heteroatoms. The van der Waals surface area contributed by atoms with Gasteiger partial charge in [-0.05, 0) is 23.2 Å². The number of thiophene rings is 1. The van der Waals surface area contributed by atoms with Crippen molar-refractivity contribution in [2.24, 2.45) is 0 Å². The van der Waals surface area contributed by atoms with E-state index in [0.29, 0.717) is 10.1 Å². The van der Waals surface area contributed by atoms with Gasteiger partial charge in [0.1, 0.15) is 5.15 Å². The Hall–Kier alpha value is -0.460. The number of nitrogens with zero attached hydrogens (tertiary/aromatic N) is 1. The van der Waals surface area contributed by atoms with Crippen LogP contribution in [0.25, 0.3) is 10.1 Å². The van der Waals surface area contributed by atoms with Crippen molar-refractivity contribution in [1.29, 1.82) is 0 Å². The molecule has 1 nitrogen and oxygen atoms in total. The maximum absolute atomic E-state index is 12.2. The van der Waals surface area contributed by atoms with Gasteiger partial charge in [0, 0.05) is 11.6 Å². The number of thioether (sulfide) groups is 1. The first-order valence-corrected chi connectivity index (χ1v) is 5.82. The Morgan fingerprint density at radius 3 is 2.80 bits per heavy atom. The number of fused-ring (bicyclic) bond motifs is 1. The number of hydrogen-bond acceptors (Lipinski definition) is 3. The van der Waals surface area contributed by atoms with E-state index in [1.54, 1.807) is 11.4 Å². The number of rotatable bonds is 1. The molecule has 2 heterocycles. The van der Waals surface area contributed by atoms with Gasteiger partial charge in [0.2, 0.25) is 0 Å². The van der Waals surface area contributed by atoms with Crippen molar-refractivity contribution < 1.29 is 13.2 Å². The highest BCUT2D eigenvalue weighted by Gasteiger charge is 2.30. The molecule has 0 unspecified atom stereocenters. The van der Waals surface area contributed by atoms with E-state index in [1.807, 2.05) is 0 Å². The van der Waals surface area contributed by atoms with E-state index in [2.05, 4.69) is 4.98 Å². The molecule has 0 saturated heterocycles. The van der Waals surface area contributed by atoms with Crippen molar-refractivity contribution in [2.75, 3.05) is 0 Å². The summed E-state index contributed by atoms with van der Waals surface area (Å²) < 4.78 is 37.1. The van der Waals surface area contributed by atoms with Gasteiger partial charge < -0.3 is 0 Å². The van der Waals surface area contributed by atoms with Crippen LogP contribution in [-0.4, -0.2) is 10.5 Å². The molecule has 0 aliphatic carbocycles. The van der Waals surface area contributed by atoms with Crippen LogP contribution >= 0.6 is 34.7 Å². The second-order valence-corrected chi connectivity index (χ2v) is 5.01. The van der Waals surface area contributed by atoms with Gasteiger partial charge >= 0.3 is 5.51 Å². The number of halogens is 4. The Morgan fingerprint density at radius 2 is 2.13 bits per heavy atom. The molecule has 0 aliphatic rings. The Morgan fingerprint density at radius 1 is 1.40 bits per heavy atom. The van der Waals surface area contributed by atoms with Crippen molar-refractivity contribution in [1.82, 2.24) is 4.98 Å². The van der Waals surface area contributed by atoms with Gasteiger partial charge in [-0.3, -0.25) is 0 Å². The minimum atomic E-state index is -4.30. The topological polar surface area (TPSA) is 12.9 Å². The molecule has 0 aliphatic heterocycles. The largest absolute Gasteiger partial charge is 0.446 e. The predicted molar refractivity (Wildman–Crippen MR) is 56.5 cm³/mol. The van der Waals surface area contributed by atoms with Gasteiger partial charge in [-0.2, -0.15) is 13.2 Å². The molecule has 0 bridgehead atoms. The third-order valence-corrected chi connectivity index (χ3v) is 3.77. The number of pyridine rings is 1. The van der Waals surface area contributed by atoms with E-state index in [-0.39, 0.29) is 21.8 Å². The van der Waals surface area contributed by atoms with Crippen molar-refractivity contribution >= 4 is 44.8 Å². The van der Waals surface area contributed by atoms with Crippen LogP contribution in [0.5, 0.6) is 0 Å². The average Bonchev–Trinajstić information content (AvgIpc) is 2.57. The Balaban J connectivity index is 2.53. The molecule has 2 aromatic heterocycles. The molecule has 2 rings (SSSR count). The lowest BCUT2D eigenvalue weighted by molar-refractivity contribution is -0.0327. The Kier molecular flexibility index (Phi) is 2.83. The maximum Gasteiger partial charge on any atom is 0.446 e. The number of hydrogen-bond donors (Lipinski definition) is 0. The van der Waals surface area contributed by atoms with E-state index in [0.717, 1.165) is 6.20 Å². The molecule has 0 atom stereocenters. The molecule has 0 amide bonds. The second-order valence-electron chi connectivity index (χ2n) is 2.62.